The molecule has 0 fully saturated rings. The normalized spacial score (nSPS) is 12.1. The van der Waals surface area contributed by atoms with Gasteiger partial charge in [0.15, 0.2) is 0 Å². The lowest BCUT2D eigenvalue weighted by molar-refractivity contribution is -0.137. The standard InChI is InChI=1S/C19H14F3N3O3S2/c20-19(21,22)15-8-3-1-6-13(15)12-23-24-18(26)14-7-2-4-9-16(14)25-30(27,28)17-10-5-11-29-17/h1-12,25H,(H,24,26). The van der Waals surface area contributed by atoms with Crippen molar-refractivity contribution in [1.29, 1.82) is 0 Å². The Morgan fingerprint density at radius 1 is 1.00 bits per heavy atom. The molecule has 0 bridgehead atoms. The molecule has 0 aliphatic heterocycles. The second-order valence-electron chi connectivity index (χ2n) is 5.87. The quantitative estimate of drug-likeness (QED) is 0.430. The number of anilines is 1. The first kappa shape index (κ1) is 21.5. The molecule has 2 aromatic carbocycles. The van der Waals surface area contributed by atoms with Gasteiger partial charge in [-0.25, -0.2) is 13.8 Å². The zero-order valence-electron chi connectivity index (χ0n) is 15.1. The molecule has 0 radical (unpaired) electrons. The lowest BCUT2D eigenvalue weighted by atomic mass is 10.1. The molecule has 156 valence electrons. The molecule has 1 aromatic heterocycles. The van der Waals surface area contributed by atoms with E-state index in [1.807, 2.05) is 0 Å². The van der Waals surface area contributed by atoms with Crippen molar-refractivity contribution in [1.82, 2.24) is 5.43 Å². The topological polar surface area (TPSA) is 87.6 Å². The number of sulfonamides is 1. The maximum atomic E-state index is 13.0. The van der Waals surface area contributed by atoms with Gasteiger partial charge in [0.1, 0.15) is 4.21 Å². The number of para-hydroxylation sites is 1. The van der Waals surface area contributed by atoms with E-state index in [1.54, 1.807) is 11.4 Å². The Kier molecular flexibility index (Phi) is 6.22. The van der Waals surface area contributed by atoms with Crippen molar-refractivity contribution in [3.63, 3.8) is 0 Å². The Hall–Kier alpha value is -3.18. The number of alkyl halides is 3. The molecule has 1 amide bonds. The molecular formula is C19H14F3N3O3S2. The number of rotatable bonds is 6. The Bertz CT molecular complexity index is 1170. The molecule has 0 saturated heterocycles. The fraction of sp³-hybridized carbons (Fsp3) is 0.0526. The van der Waals surface area contributed by atoms with Crippen LogP contribution in [0, 0.1) is 0 Å². The number of halogens is 3. The Morgan fingerprint density at radius 2 is 1.70 bits per heavy atom. The van der Waals surface area contributed by atoms with Crippen LogP contribution in [0.5, 0.6) is 0 Å². The molecular weight excluding hydrogens is 439 g/mol. The van der Waals surface area contributed by atoms with Crippen molar-refractivity contribution in [2.45, 2.75) is 10.4 Å². The summed E-state index contributed by atoms with van der Waals surface area (Å²) in [6, 6.07) is 13.6. The van der Waals surface area contributed by atoms with Gasteiger partial charge in [0, 0.05) is 5.56 Å². The van der Waals surface area contributed by atoms with E-state index in [2.05, 4.69) is 15.2 Å². The summed E-state index contributed by atoms with van der Waals surface area (Å²) in [5, 5.41) is 5.18. The van der Waals surface area contributed by atoms with Crippen LogP contribution >= 0.6 is 11.3 Å². The highest BCUT2D eigenvalue weighted by atomic mass is 32.2. The highest BCUT2D eigenvalue weighted by Crippen LogP contribution is 2.31. The monoisotopic (exact) mass is 453 g/mol. The van der Waals surface area contributed by atoms with Crippen LogP contribution in [0.3, 0.4) is 0 Å². The number of hydrogen-bond acceptors (Lipinski definition) is 5. The van der Waals surface area contributed by atoms with Crippen molar-refractivity contribution in [3.8, 4) is 0 Å². The lowest BCUT2D eigenvalue weighted by Gasteiger charge is -2.11. The van der Waals surface area contributed by atoms with Crippen LogP contribution in [0.15, 0.2) is 75.4 Å². The number of amides is 1. The molecule has 2 N–H and O–H groups in total. The molecule has 0 unspecified atom stereocenters. The van der Waals surface area contributed by atoms with Gasteiger partial charge < -0.3 is 0 Å². The Balaban J connectivity index is 1.79. The summed E-state index contributed by atoms with van der Waals surface area (Å²) in [5.74, 6) is -0.791. The maximum absolute atomic E-state index is 13.0. The lowest BCUT2D eigenvalue weighted by Crippen LogP contribution is -2.21. The summed E-state index contributed by atoms with van der Waals surface area (Å²) in [5.41, 5.74) is 0.963. The van der Waals surface area contributed by atoms with Gasteiger partial charge in [-0.2, -0.15) is 18.3 Å². The summed E-state index contributed by atoms with van der Waals surface area (Å²) in [6.07, 6.45) is -3.70. The second kappa shape index (κ2) is 8.67. The minimum atomic E-state index is -4.57. The van der Waals surface area contributed by atoms with E-state index in [1.165, 1.54) is 48.5 Å². The van der Waals surface area contributed by atoms with Gasteiger partial charge in [-0.3, -0.25) is 9.52 Å². The molecule has 1 heterocycles. The molecule has 11 heteroatoms. The fourth-order valence-electron chi connectivity index (χ4n) is 2.47. The van der Waals surface area contributed by atoms with Gasteiger partial charge in [0.2, 0.25) is 0 Å². The van der Waals surface area contributed by atoms with Crippen molar-refractivity contribution >= 4 is 39.2 Å². The second-order valence-corrected chi connectivity index (χ2v) is 8.72. The van der Waals surface area contributed by atoms with Crippen LogP contribution in [0.25, 0.3) is 0 Å². The van der Waals surface area contributed by atoms with Gasteiger partial charge >= 0.3 is 6.18 Å². The van der Waals surface area contributed by atoms with Gasteiger partial charge in [0.05, 0.1) is 23.0 Å². The SMILES string of the molecule is O=C(NN=Cc1ccccc1C(F)(F)F)c1ccccc1NS(=O)(=O)c1cccs1. The van der Waals surface area contributed by atoms with Crippen LogP contribution in [0.4, 0.5) is 18.9 Å². The van der Waals surface area contributed by atoms with Crippen LogP contribution in [0.2, 0.25) is 0 Å². The largest absolute Gasteiger partial charge is 0.417 e. The summed E-state index contributed by atoms with van der Waals surface area (Å²) < 4.78 is 66.2. The van der Waals surface area contributed by atoms with Crippen LogP contribution in [-0.2, 0) is 16.2 Å². The van der Waals surface area contributed by atoms with E-state index in [4.69, 9.17) is 0 Å². The third-order valence-corrected chi connectivity index (χ3v) is 6.57. The number of hydrazone groups is 1. The molecule has 0 atom stereocenters. The molecule has 6 nitrogen and oxygen atoms in total. The number of carbonyl (C=O) groups is 1. The van der Waals surface area contributed by atoms with Crippen LogP contribution in [-0.4, -0.2) is 20.5 Å². The molecule has 0 aliphatic carbocycles. The van der Waals surface area contributed by atoms with Gasteiger partial charge in [0.25, 0.3) is 15.9 Å². The number of thiophene rings is 1. The zero-order valence-corrected chi connectivity index (χ0v) is 16.7. The van der Waals surface area contributed by atoms with E-state index in [0.29, 0.717) is 0 Å². The van der Waals surface area contributed by atoms with E-state index in [9.17, 15) is 26.4 Å². The van der Waals surface area contributed by atoms with Crippen LogP contribution < -0.4 is 10.1 Å². The Morgan fingerprint density at radius 3 is 2.40 bits per heavy atom. The average Bonchev–Trinajstić information content (AvgIpc) is 3.23. The summed E-state index contributed by atoms with van der Waals surface area (Å²) in [6.45, 7) is 0. The highest BCUT2D eigenvalue weighted by molar-refractivity contribution is 7.94. The summed E-state index contributed by atoms with van der Waals surface area (Å²) in [7, 11) is -3.89. The van der Waals surface area contributed by atoms with Crippen molar-refractivity contribution in [2.24, 2.45) is 5.10 Å². The maximum Gasteiger partial charge on any atom is 0.417 e. The average molecular weight is 453 g/mol. The third-order valence-electron chi connectivity index (χ3n) is 3.81. The minimum Gasteiger partial charge on any atom is -0.278 e. The first-order valence-electron chi connectivity index (χ1n) is 8.33. The van der Waals surface area contributed by atoms with Gasteiger partial charge in [-0.15, -0.1) is 11.3 Å². The van der Waals surface area contributed by atoms with E-state index < -0.39 is 27.7 Å². The fourth-order valence-corrected chi connectivity index (χ4v) is 4.54. The highest BCUT2D eigenvalue weighted by Gasteiger charge is 2.32. The van der Waals surface area contributed by atoms with Crippen LogP contribution in [0.1, 0.15) is 21.5 Å². The Labute approximate surface area is 174 Å². The van der Waals surface area contributed by atoms with E-state index >= 15 is 0 Å². The molecule has 3 rings (SSSR count). The molecule has 0 aliphatic rings. The number of carbonyl (C=O) groups excluding carboxylic acids is 1. The molecule has 0 saturated carbocycles. The number of hydrogen-bond donors (Lipinski definition) is 2. The van der Waals surface area contributed by atoms with Gasteiger partial charge in [-0.05, 0) is 29.6 Å². The number of nitrogens with one attached hydrogen (secondary N) is 2. The molecule has 3 aromatic rings. The van der Waals surface area contributed by atoms with Crippen molar-refractivity contribution < 1.29 is 26.4 Å². The first-order valence-corrected chi connectivity index (χ1v) is 10.7. The number of nitrogens with zero attached hydrogens (tertiary/aromatic N) is 1. The number of benzene rings is 2. The van der Waals surface area contributed by atoms with E-state index in [0.717, 1.165) is 23.6 Å². The van der Waals surface area contributed by atoms with Crippen molar-refractivity contribution in [2.75, 3.05) is 4.72 Å². The van der Waals surface area contributed by atoms with E-state index in [-0.39, 0.29) is 21.0 Å². The van der Waals surface area contributed by atoms with Gasteiger partial charge in [-0.1, -0.05) is 36.4 Å². The summed E-state index contributed by atoms with van der Waals surface area (Å²) in [4.78, 5) is 12.4. The minimum absolute atomic E-state index is 0.00860. The zero-order chi connectivity index (χ0) is 21.8. The predicted molar refractivity (Wildman–Crippen MR) is 108 cm³/mol. The van der Waals surface area contributed by atoms with Crippen molar-refractivity contribution in [3.05, 3.63) is 82.7 Å². The predicted octanol–water partition coefficient (Wildman–Crippen LogP) is 4.33. The smallest absolute Gasteiger partial charge is 0.278 e. The molecule has 0 spiro atoms. The summed E-state index contributed by atoms with van der Waals surface area (Å²) >= 11 is 1.01. The molecule has 30 heavy (non-hydrogen) atoms. The third kappa shape index (κ3) is 5.05. The first-order chi connectivity index (χ1) is 14.2.